The van der Waals surface area contributed by atoms with Crippen molar-refractivity contribution in [3.8, 4) is 22.9 Å². The molecular formula is C31H27F2N3O5. The number of imidazole rings is 1. The topological polar surface area (TPSA) is 109 Å². The number of aryl methyl sites for hydroxylation is 2. The molecular weight excluding hydrogens is 532 g/mol. The van der Waals surface area contributed by atoms with Crippen molar-refractivity contribution in [1.82, 2.24) is 15.0 Å². The smallest absolute Gasteiger partial charge is 0.303 e. The van der Waals surface area contributed by atoms with Crippen LogP contribution >= 0.6 is 0 Å². The number of carboxylic acid groups (broad SMARTS) is 1. The lowest BCUT2D eigenvalue weighted by Crippen LogP contribution is -2.39. The van der Waals surface area contributed by atoms with Gasteiger partial charge in [0.25, 0.3) is 0 Å². The second-order valence-electron chi connectivity index (χ2n) is 9.89. The van der Waals surface area contributed by atoms with Crippen LogP contribution in [0.15, 0.2) is 67.0 Å². The minimum absolute atomic E-state index is 0.00905. The predicted molar refractivity (Wildman–Crippen MR) is 147 cm³/mol. The van der Waals surface area contributed by atoms with E-state index < -0.39 is 23.4 Å². The molecule has 0 saturated carbocycles. The van der Waals surface area contributed by atoms with Crippen LogP contribution in [0.25, 0.3) is 22.3 Å². The van der Waals surface area contributed by atoms with E-state index in [1.807, 2.05) is 30.3 Å². The zero-order valence-electron chi connectivity index (χ0n) is 22.2. The molecule has 3 heterocycles. The molecule has 210 valence electrons. The first kappa shape index (κ1) is 26.7. The number of aliphatic carboxylic acids is 1. The predicted octanol–water partition coefficient (Wildman–Crippen LogP) is 6.59. The molecule has 41 heavy (non-hydrogen) atoms. The van der Waals surface area contributed by atoms with Crippen LogP contribution in [0.1, 0.15) is 35.2 Å². The Kier molecular flexibility index (Phi) is 7.02. The Hall–Kier alpha value is -4.54. The zero-order valence-corrected chi connectivity index (χ0v) is 22.2. The summed E-state index contributed by atoms with van der Waals surface area (Å²) < 4.78 is 48.2. The number of H-pyrrole nitrogens is 2. The lowest BCUT2D eigenvalue weighted by Gasteiger charge is -2.36. The van der Waals surface area contributed by atoms with Gasteiger partial charge in [0.15, 0.2) is 11.6 Å². The fourth-order valence-corrected chi connectivity index (χ4v) is 5.12. The number of nitrogens with zero attached hydrogens (tertiary/aromatic N) is 1. The second-order valence-corrected chi connectivity index (χ2v) is 9.89. The first-order valence-corrected chi connectivity index (χ1v) is 13.2. The van der Waals surface area contributed by atoms with E-state index in [0.717, 1.165) is 10.9 Å². The molecule has 6 rings (SSSR count). The van der Waals surface area contributed by atoms with Crippen LogP contribution in [0.5, 0.6) is 11.5 Å². The summed E-state index contributed by atoms with van der Waals surface area (Å²) in [6.07, 6.45) is 4.35. The van der Waals surface area contributed by atoms with Crippen molar-refractivity contribution in [3.63, 3.8) is 0 Å². The highest BCUT2D eigenvalue weighted by Crippen LogP contribution is 2.39. The Bertz CT molecular complexity index is 1740. The second kappa shape index (κ2) is 10.8. The molecule has 0 aliphatic carbocycles. The van der Waals surface area contributed by atoms with Crippen molar-refractivity contribution >= 4 is 16.9 Å². The van der Waals surface area contributed by atoms with Crippen LogP contribution in [0.4, 0.5) is 8.78 Å². The Morgan fingerprint density at radius 1 is 1.07 bits per heavy atom. The zero-order chi connectivity index (χ0) is 28.6. The molecule has 0 atom stereocenters. The molecule has 0 unspecified atom stereocenters. The molecule has 0 radical (unpaired) electrons. The first-order chi connectivity index (χ1) is 19.8. The van der Waals surface area contributed by atoms with E-state index in [4.69, 9.17) is 19.3 Å². The third kappa shape index (κ3) is 5.07. The van der Waals surface area contributed by atoms with Gasteiger partial charge in [-0.05, 0) is 55.7 Å². The van der Waals surface area contributed by atoms with Gasteiger partial charge in [-0.2, -0.15) is 0 Å². The summed E-state index contributed by atoms with van der Waals surface area (Å²) in [6.45, 7) is 2.59. The van der Waals surface area contributed by atoms with Crippen LogP contribution in [0, 0.1) is 18.6 Å². The molecule has 3 N–H and O–H groups in total. The third-order valence-corrected chi connectivity index (χ3v) is 7.17. The maximum absolute atomic E-state index is 15.1. The number of aromatic nitrogens is 3. The number of carboxylic acids is 1. The van der Waals surface area contributed by atoms with Crippen molar-refractivity contribution in [2.45, 2.75) is 32.0 Å². The fraction of sp³-hybridized carbons (Fsp3) is 0.226. The number of fused-ring (bicyclic) bond motifs is 1. The molecule has 0 amide bonds. The lowest BCUT2D eigenvalue weighted by molar-refractivity contribution is -0.251. The molecule has 10 heteroatoms. The summed E-state index contributed by atoms with van der Waals surface area (Å²) in [7, 11) is 0. The number of benzene rings is 3. The standard InChI is InChI=1S/C31H27F2N3O5/c1-18-22-10-11-34-26(22)16-25(33)29(18)41-21-7-8-24(32)23(15-21)30-35-17-27(36-30)31(39-12-3-13-40-31)20-5-2-4-19(14-20)6-9-28(37)38/h2,4-5,7-8,10-11,14-17,34H,3,6,9,12-13H2,1H3,(H,35,36)(H,37,38). The van der Waals surface area contributed by atoms with Gasteiger partial charge in [0.2, 0.25) is 5.79 Å². The molecule has 1 fully saturated rings. The van der Waals surface area contributed by atoms with Gasteiger partial charge in [0.1, 0.15) is 23.1 Å². The van der Waals surface area contributed by atoms with E-state index in [0.29, 0.717) is 48.4 Å². The number of carbonyl (C=O) groups is 1. The van der Waals surface area contributed by atoms with E-state index in [-0.39, 0.29) is 29.3 Å². The molecule has 0 spiro atoms. The van der Waals surface area contributed by atoms with Crippen molar-refractivity contribution in [2.75, 3.05) is 13.2 Å². The summed E-state index contributed by atoms with van der Waals surface area (Å²) in [5.74, 6) is -2.83. The Labute approximate surface area is 233 Å². The van der Waals surface area contributed by atoms with Gasteiger partial charge in [-0.25, -0.2) is 13.8 Å². The number of ether oxygens (including phenoxy) is 3. The largest absolute Gasteiger partial charge is 0.481 e. The van der Waals surface area contributed by atoms with Gasteiger partial charge < -0.3 is 29.3 Å². The molecule has 1 aliphatic rings. The van der Waals surface area contributed by atoms with E-state index in [2.05, 4.69) is 15.0 Å². The number of halogens is 2. The van der Waals surface area contributed by atoms with Crippen LogP contribution in [0.2, 0.25) is 0 Å². The highest BCUT2D eigenvalue weighted by atomic mass is 19.1. The number of nitrogens with one attached hydrogen (secondary N) is 2. The van der Waals surface area contributed by atoms with E-state index in [1.165, 1.54) is 24.3 Å². The molecule has 2 aromatic heterocycles. The summed E-state index contributed by atoms with van der Waals surface area (Å²) in [6, 6.07) is 14.7. The average molecular weight is 560 g/mol. The fourth-order valence-electron chi connectivity index (χ4n) is 5.12. The summed E-state index contributed by atoms with van der Waals surface area (Å²) >= 11 is 0. The molecule has 5 aromatic rings. The Balaban J connectivity index is 1.34. The Morgan fingerprint density at radius 2 is 1.90 bits per heavy atom. The van der Waals surface area contributed by atoms with Crippen LogP contribution in [-0.2, 0) is 26.5 Å². The third-order valence-electron chi connectivity index (χ3n) is 7.17. The molecule has 3 aromatic carbocycles. The van der Waals surface area contributed by atoms with Gasteiger partial charge in [0, 0.05) is 46.9 Å². The highest BCUT2D eigenvalue weighted by Gasteiger charge is 2.41. The number of aromatic amines is 2. The minimum atomic E-state index is -1.36. The van der Waals surface area contributed by atoms with Crippen LogP contribution in [-0.4, -0.2) is 39.2 Å². The monoisotopic (exact) mass is 559 g/mol. The average Bonchev–Trinajstić information content (AvgIpc) is 3.66. The quantitative estimate of drug-likeness (QED) is 0.198. The summed E-state index contributed by atoms with van der Waals surface area (Å²) in [5.41, 5.74) is 3.25. The molecule has 1 saturated heterocycles. The summed E-state index contributed by atoms with van der Waals surface area (Å²) in [4.78, 5) is 21.8. The normalized spacial score (nSPS) is 14.8. The maximum atomic E-state index is 15.1. The van der Waals surface area contributed by atoms with Crippen molar-refractivity contribution in [1.29, 1.82) is 0 Å². The first-order valence-electron chi connectivity index (χ1n) is 13.2. The lowest BCUT2D eigenvalue weighted by atomic mass is 9.97. The molecule has 1 aliphatic heterocycles. The number of hydrogen-bond donors (Lipinski definition) is 3. The highest BCUT2D eigenvalue weighted by molar-refractivity contribution is 5.85. The van der Waals surface area contributed by atoms with Gasteiger partial charge in [-0.3, -0.25) is 4.79 Å². The Morgan fingerprint density at radius 3 is 2.71 bits per heavy atom. The molecule has 8 nitrogen and oxygen atoms in total. The maximum Gasteiger partial charge on any atom is 0.303 e. The van der Waals surface area contributed by atoms with Gasteiger partial charge in [0.05, 0.1) is 18.8 Å². The van der Waals surface area contributed by atoms with Crippen LogP contribution in [0.3, 0.4) is 0 Å². The minimum Gasteiger partial charge on any atom is -0.481 e. The van der Waals surface area contributed by atoms with Crippen molar-refractivity contribution in [2.24, 2.45) is 0 Å². The van der Waals surface area contributed by atoms with Gasteiger partial charge in [-0.1, -0.05) is 18.2 Å². The van der Waals surface area contributed by atoms with E-state index >= 15 is 4.39 Å². The molecule has 0 bridgehead atoms. The van der Waals surface area contributed by atoms with Crippen LogP contribution < -0.4 is 4.74 Å². The number of hydrogen-bond acceptors (Lipinski definition) is 5. The van der Waals surface area contributed by atoms with Crippen molar-refractivity contribution in [3.05, 3.63) is 101 Å². The van der Waals surface area contributed by atoms with Gasteiger partial charge in [-0.15, -0.1) is 0 Å². The van der Waals surface area contributed by atoms with Gasteiger partial charge >= 0.3 is 5.97 Å². The SMILES string of the molecule is Cc1c(Oc2ccc(F)c(-c3nc(C4(c5cccc(CCC(=O)O)c5)OCCCO4)c[nH]3)c2)c(F)cc2[nH]ccc12. The van der Waals surface area contributed by atoms with E-state index in [1.54, 1.807) is 19.3 Å². The summed E-state index contributed by atoms with van der Waals surface area (Å²) in [5, 5.41) is 9.92. The van der Waals surface area contributed by atoms with E-state index in [9.17, 15) is 9.18 Å². The number of rotatable bonds is 8. The van der Waals surface area contributed by atoms with Crippen molar-refractivity contribution < 1.29 is 32.9 Å².